The van der Waals surface area contributed by atoms with Crippen molar-refractivity contribution < 1.29 is 26.7 Å². The minimum Gasteiger partial charge on any atom is -0.488 e. The Hall–Kier alpha value is -1.74. The first kappa shape index (κ1) is 22.5. The summed E-state index contributed by atoms with van der Waals surface area (Å²) in [4.78, 5) is 14.7. The Morgan fingerprint density at radius 3 is 2.45 bits per heavy atom. The number of nitrogens with one attached hydrogen (secondary N) is 1. The van der Waals surface area contributed by atoms with Crippen LogP contribution in [0.3, 0.4) is 0 Å². The molecule has 9 heteroatoms. The Kier molecular flexibility index (Phi) is 6.53. The molecule has 1 atom stereocenters. The molecule has 0 aromatic heterocycles. The molecule has 0 unspecified atom stereocenters. The largest absolute Gasteiger partial charge is 0.488 e. The molecule has 0 bridgehead atoms. The predicted octanol–water partition coefficient (Wildman–Crippen LogP) is 2.77. The number of likely N-dealkylation sites (tertiary alicyclic amines) is 1. The molecule has 0 radical (unpaired) electrons. The van der Waals surface area contributed by atoms with Gasteiger partial charge in [0.25, 0.3) is 6.43 Å². The molecule has 3 fully saturated rings. The Morgan fingerprint density at radius 1 is 1.19 bits per heavy atom. The number of benzene rings is 1. The van der Waals surface area contributed by atoms with Crippen LogP contribution in [0.5, 0.6) is 5.75 Å². The van der Waals surface area contributed by atoms with E-state index in [1.165, 1.54) is 0 Å². The number of hydrogen-bond acceptors (Lipinski definition) is 5. The van der Waals surface area contributed by atoms with E-state index in [2.05, 4.69) is 10.2 Å². The van der Waals surface area contributed by atoms with Crippen molar-refractivity contribution >= 4 is 15.7 Å². The summed E-state index contributed by atoms with van der Waals surface area (Å²) in [6.07, 6.45) is 2.53. The second-order valence-electron chi connectivity index (χ2n) is 9.23. The van der Waals surface area contributed by atoms with E-state index in [1.807, 2.05) is 12.1 Å². The highest BCUT2D eigenvalue weighted by Gasteiger charge is 2.47. The van der Waals surface area contributed by atoms with E-state index in [4.69, 9.17) is 4.74 Å². The van der Waals surface area contributed by atoms with Crippen LogP contribution in [-0.4, -0.2) is 62.4 Å². The minimum atomic E-state index is -3.26. The molecule has 2 saturated heterocycles. The van der Waals surface area contributed by atoms with Gasteiger partial charge >= 0.3 is 0 Å². The maximum absolute atomic E-state index is 12.3. The number of ether oxygens (including phenoxy) is 1. The second-order valence-corrected chi connectivity index (χ2v) is 11.5. The molecule has 2 heterocycles. The van der Waals surface area contributed by atoms with Gasteiger partial charge in [0, 0.05) is 12.6 Å². The van der Waals surface area contributed by atoms with Crippen molar-refractivity contribution in [1.29, 1.82) is 0 Å². The van der Waals surface area contributed by atoms with Crippen LogP contribution in [0.25, 0.3) is 0 Å². The second kappa shape index (κ2) is 9.02. The van der Waals surface area contributed by atoms with Crippen molar-refractivity contribution in [2.45, 2.75) is 62.8 Å². The fourth-order valence-corrected chi connectivity index (χ4v) is 6.94. The molecule has 31 heavy (non-hydrogen) atoms. The van der Waals surface area contributed by atoms with Gasteiger partial charge in [0.2, 0.25) is 5.91 Å². The van der Waals surface area contributed by atoms with Gasteiger partial charge < -0.3 is 10.1 Å². The van der Waals surface area contributed by atoms with Gasteiger partial charge in [-0.15, -0.1) is 0 Å². The zero-order chi connectivity index (χ0) is 22.1. The van der Waals surface area contributed by atoms with Gasteiger partial charge in [0.05, 0.1) is 5.75 Å². The summed E-state index contributed by atoms with van der Waals surface area (Å²) >= 11 is 0. The van der Waals surface area contributed by atoms with Crippen LogP contribution in [0, 0.1) is 5.41 Å². The number of sulfone groups is 1. The predicted molar refractivity (Wildman–Crippen MR) is 113 cm³/mol. The molecule has 1 aromatic rings. The molecule has 1 saturated carbocycles. The maximum atomic E-state index is 12.3. The molecule has 1 amide bonds. The zero-order valence-electron chi connectivity index (χ0n) is 17.6. The van der Waals surface area contributed by atoms with Crippen LogP contribution in [0.15, 0.2) is 24.3 Å². The molecule has 4 rings (SSSR count). The smallest absolute Gasteiger partial charge is 0.272 e. The standard InChI is InChI=1S/C22H30F2N2O4S/c23-20(24)15-30-18-5-3-16(4-6-18)14-26-9-7-22(8-10-26)12-17(13-22)25-21(27)19-2-1-11-31(19,28)29/h3-6,17,19-20H,1-2,7-15H2,(H,25,27)/t19-/m0/s1. The Morgan fingerprint density at radius 2 is 1.87 bits per heavy atom. The molecular weight excluding hydrogens is 426 g/mol. The van der Waals surface area contributed by atoms with Gasteiger partial charge in [-0.05, 0) is 74.7 Å². The van der Waals surface area contributed by atoms with Crippen molar-refractivity contribution in [2.24, 2.45) is 5.41 Å². The van der Waals surface area contributed by atoms with Crippen LogP contribution in [-0.2, 0) is 21.2 Å². The van der Waals surface area contributed by atoms with E-state index in [0.717, 1.165) is 50.9 Å². The monoisotopic (exact) mass is 456 g/mol. The van der Waals surface area contributed by atoms with Crippen molar-refractivity contribution in [1.82, 2.24) is 10.2 Å². The first-order chi connectivity index (χ1) is 14.7. The Labute approximate surface area is 182 Å². The lowest BCUT2D eigenvalue weighted by molar-refractivity contribution is -0.123. The fourth-order valence-electron chi connectivity index (χ4n) is 5.17. The summed E-state index contributed by atoms with van der Waals surface area (Å²) < 4.78 is 53.3. The SMILES string of the molecule is O=C(NC1CC2(CCN(Cc3ccc(OCC(F)F)cc3)CC2)C1)[C@@H]1CCCS1(=O)=O. The van der Waals surface area contributed by atoms with Crippen molar-refractivity contribution in [3.8, 4) is 5.75 Å². The highest BCUT2D eigenvalue weighted by molar-refractivity contribution is 7.93. The highest BCUT2D eigenvalue weighted by atomic mass is 32.2. The molecule has 1 aromatic carbocycles. The topological polar surface area (TPSA) is 75.7 Å². The number of halogens is 2. The molecule has 1 spiro atoms. The third kappa shape index (κ3) is 5.37. The lowest BCUT2D eigenvalue weighted by Crippen LogP contribution is -2.56. The Bertz CT molecular complexity index is 875. The summed E-state index contributed by atoms with van der Waals surface area (Å²) in [5.74, 6) is 0.270. The van der Waals surface area contributed by atoms with Gasteiger partial charge in [-0.2, -0.15) is 0 Å². The molecule has 1 aliphatic carbocycles. The summed E-state index contributed by atoms with van der Waals surface area (Å²) in [5.41, 5.74) is 1.38. The van der Waals surface area contributed by atoms with Crippen LogP contribution >= 0.6 is 0 Å². The number of carbonyl (C=O) groups is 1. The fraction of sp³-hybridized carbons (Fsp3) is 0.682. The van der Waals surface area contributed by atoms with Crippen LogP contribution < -0.4 is 10.1 Å². The highest BCUT2D eigenvalue weighted by Crippen LogP contribution is 2.49. The van der Waals surface area contributed by atoms with Crippen LogP contribution in [0.1, 0.15) is 44.1 Å². The number of amides is 1. The number of piperidine rings is 1. The van der Waals surface area contributed by atoms with Gasteiger partial charge in [0.15, 0.2) is 9.84 Å². The number of rotatable bonds is 7. The minimum absolute atomic E-state index is 0.0932. The summed E-state index contributed by atoms with van der Waals surface area (Å²) in [7, 11) is -3.26. The third-order valence-corrected chi connectivity index (χ3v) is 9.12. The maximum Gasteiger partial charge on any atom is 0.272 e. The molecule has 3 aliphatic rings. The number of carbonyl (C=O) groups excluding carboxylic acids is 1. The normalized spacial score (nSPS) is 25.5. The van der Waals surface area contributed by atoms with E-state index < -0.39 is 28.1 Å². The van der Waals surface area contributed by atoms with Crippen molar-refractivity contribution in [3.63, 3.8) is 0 Å². The quantitative estimate of drug-likeness (QED) is 0.683. The molecule has 6 nitrogen and oxygen atoms in total. The first-order valence-electron chi connectivity index (χ1n) is 11.0. The van der Waals surface area contributed by atoms with Gasteiger partial charge in [-0.25, -0.2) is 17.2 Å². The molecule has 172 valence electrons. The van der Waals surface area contributed by atoms with E-state index in [-0.39, 0.29) is 23.1 Å². The number of hydrogen-bond donors (Lipinski definition) is 1. The van der Waals surface area contributed by atoms with E-state index in [0.29, 0.717) is 18.6 Å². The summed E-state index contributed by atoms with van der Waals surface area (Å²) in [6, 6.07) is 7.38. The lowest BCUT2D eigenvalue weighted by atomic mass is 9.60. The van der Waals surface area contributed by atoms with Crippen LogP contribution in [0.4, 0.5) is 8.78 Å². The number of alkyl halides is 2. The number of nitrogens with zero attached hydrogens (tertiary/aromatic N) is 1. The zero-order valence-corrected chi connectivity index (χ0v) is 18.4. The Balaban J connectivity index is 1.19. The lowest BCUT2D eigenvalue weighted by Gasteiger charge is -2.52. The van der Waals surface area contributed by atoms with Gasteiger partial charge in [0.1, 0.15) is 17.6 Å². The van der Waals surface area contributed by atoms with Crippen molar-refractivity contribution in [2.75, 3.05) is 25.4 Å². The average Bonchev–Trinajstić information content (AvgIpc) is 3.07. The molecule has 1 N–H and O–H groups in total. The van der Waals surface area contributed by atoms with E-state index >= 15 is 0 Å². The summed E-state index contributed by atoms with van der Waals surface area (Å²) in [6.45, 7) is 2.17. The van der Waals surface area contributed by atoms with Crippen LogP contribution in [0.2, 0.25) is 0 Å². The van der Waals surface area contributed by atoms with Gasteiger partial charge in [-0.1, -0.05) is 12.1 Å². The third-order valence-electron chi connectivity index (χ3n) is 6.95. The molecule has 2 aliphatic heterocycles. The first-order valence-corrected chi connectivity index (χ1v) is 12.7. The van der Waals surface area contributed by atoms with Crippen molar-refractivity contribution in [3.05, 3.63) is 29.8 Å². The van der Waals surface area contributed by atoms with E-state index in [1.54, 1.807) is 12.1 Å². The average molecular weight is 457 g/mol. The van der Waals surface area contributed by atoms with E-state index in [9.17, 15) is 22.0 Å². The summed E-state index contributed by atoms with van der Waals surface area (Å²) in [5, 5.41) is 2.12. The molecular formula is C22H30F2N2O4S. The van der Waals surface area contributed by atoms with Gasteiger partial charge in [-0.3, -0.25) is 9.69 Å².